The zero-order valence-electron chi connectivity index (χ0n) is 10.7. The van der Waals surface area contributed by atoms with Crippen molar-refractivity contribution in [3.63, 3.8) is 0 Å². The summed E-state index contributed by atoms with van der Waals surface area (Å²) in [6.07, 6.45) is 0.390. The van der Waals surface area contributed by atoms with Crippen LogP contribution in [0.3, 0.4) is 0 Å². The van der Waals surface area contributed by atoms with Gasteiger partial charge in [-0.25, -0.2) is 4.98 Å². The van der Waals surface area contributed by atoms with Gasteiger partial charge in [-0.2, -0.15) is 4.98 Å². The number of nitrogen functional groups attached to an aromatic ring is 1. The van der Waals surface area contributed by atoms with Crippen molar-refractivity contribution in [3.05, 3.63) is 35.0 Å². The Hall–Kier alpha value is -2.50. The van der Waals surface area contributed by atoms with E-state index < -0.39 is 0 Å². The first-order valence-electron chi connectivity index (χ1n) is 5.69. The van der Waals surface area contributed by atoms with E-state index in [-0.39, 0.29) is 17.6 Å². The van der Waals surface area contributed by atoms with Crippen LogP contribution in [0.5, 0.6) is 17.4 Å². The molecule has 19 heavy (non-hydrogen) atoms. The topological polar surface area (TPSA) is 101 Å². The number of methoxy groups -OCH3 is 1. The van der Waals surface area contributed by atoms with Gasteiger partial charge in [-0.05, 0) is 18.6 Å². The van der Waals surface area contributed by atoms with Crippen molar-refractivity contribution in [3.8, 4) is 17.4 Å². The van der Waals surface area contributed by atoms with Crippen molar-refractivity contribution < 1.29 is 14.9 Å². The zero-order chi connectivity index (χ0) is 14.0. The van der Waals surface area contributed by atoms with Crippen molar-refractivity contribution in [1.29, 1.82) is 0 Å². The number of anilines is 1. The Labute approximate surface area is 110 Å². The maximum absolute atomic E-state index is 9.83. The normalized spacial score (nSPS) is 10.4. The second-order valence-corrected chi connectivity index (χ2v) is 4.14. The quantitative estimate of drug-likeness (QED) is 0.771. The number of ether oxygens (including phenoxy) is 1. The number of aromatic hydroxyl groups is 2. The lowest BCUT2D eigenvalue weighted by Gasteiger charge is -2.11. The Balaban J connectivity index is 2.42. The van der Waals surface area contributed by atoms with Crippen LogP contribution in [0.1, 0.15) is 16.8 Å². The molecule has 2 rings (SSSR count). The summed E-state index contributed by atoms with van der Waals surface area (Å²) in [5.41, 5.74) is 7.46. The molecule has 0 amide bonds. The summed E-state index contributed by atoms with van der Waals surface area (Å²) in [5.74, 6) is 0.558. The largest absolute Gasteiger partial charge is 0.508 e. The predicted molar refractivity (Wildman–Crippen MR) is 70.3 cm³/mol. The van der Waals surface area contributed by atoms with Gasteiger partial charge in [0, 0.05) is 18.1 Å². The Kier molecular flexibility index (Phi) is 3.41. The van der Waals surface area contributed by atoms with E-state index in [0.717, 1.165) is 5.56 Å². The minimum absolute atomic E-state index is 0.0384. The van der Waals surface area contributed by atoms with E-state index in [1.807, 2.05) is 0 Å². The van der Waals surface area contributed by atoms with Crippen LogP contribution in [0.2, 0.25) is 0 Å². The number of nitrogens with two attached hydrogens (primary N) is 1. The van der Waals surface area contributed by atoms with Crippen LogP contribution >= 0.6 is 0 Å². The molecule has 0 bridgehead atoms. The molecule has 0 fully saturated rings. The molecule has 0 aliphatic heterocycles. The van der Waals surface area contributed by atoms with Crippen molar-refractivity contribution in [2.24, 2.45) is 0 Å². The molecule has 1 aromatic carbocycles. The Morgan fingerprint density at radius 3 is 2.63 bits per heavy atom. The molecule has 6 nitrogen and oxygen atoms in total. The fraction of sp³-hybridized carbons (Fsp3) is 0.231. The number of hydrogen-bond donors (Lipinski definition) is 3. The summed E-state index contributed by atoms with van der Waals surface area (Å²) in [6, 6.07) is 4.80. The number of aryl methyl sites for hydroxylation is 1. The lowest BCUT2D eigenvalue weighted by Crippen LogP contribution is -2.03. The van der Waals surface area contributed by atoms with Gasteiger partial charge in [0.15, 0.2) is 0 Å². The fourth-order valence-corrected chi connectivity index (χ4v) is 1.88. The summed E-state index contributed by atoms with van der Waals surface area (Å²) in [4.78, 5) is 7.76. The van der Waals surface area contributed by atoms with Crippen LogP contribution in [0.25, 0.3) is 0 Å². The first-order valence-corrected chi connectivity index (χ1v) is 5.69. The van der Waals surface area contributed by atoms with Gasteiger partial charge in [0.25, 0.3) is 0 Å². The molecule has 6 heteroatoms. The van der Waals surface area contributed by atoms with Gasteiger partial charge in [0.05, 0.1) is 12.8 Å². The molecule has 0 saturated carbocycles. The maximum Gasteiger partial charge on any atom is 0.223 e. The van der Waals surface area contributed by atoms with E-state index in [2.05, 4.69) is 9.97 Å². The van der Waals surface area contributed by atoms with Gasteiger partial charge >= 0.3 is 0 Å². The van der Waals surface area contributed by atoms with Crippen LogP contribution < -0.4 is 10.5 Å². The monoisotopic (exact) mass is 261 g/mol. The highest BCUT2D eigenvalue weighted by molar-refractivity contribution is 5.45. The Morgan fingerprint density at radius 1 is 1.26 bits per heavy atom. The number of nitrogens with zero attached hydrogens (tertiary/aromatic N) is 2. The lowest BCUT2D eigenvalue weighted by molar-refractivity contribution is 0.403. The van der Waals surface area contributed by atoms with Crippen LogP contribution in [-0.2, 0) is 6.42 Å². The van der Waals surface area contributed by atoms with Crippen LogP contribution in [0.15, 0.2) is 18.2 Å². The van der Waals surface area contributed by atoms with E-state index in [4.69, 9.17) is 10.5 Å². The van der Waals surface area contributed by atoms with Crippen molar-refractivity contribution in [1.82, 2.24) is 9.97 Å². The Bertz CT molecular complexity index is 591. The molecule has 0 aliphatic carbocycles. The first-order chi connectivity index (χ1) is 9.01. The number of hydrogen-bond acceptors (Lipinski definition) is 6. The number of aromatic nitrogens is 2. The summed E-state index contributed by atoms with van der Waals surface area (Å²) in [7, 11) is 1.52. The van der Waals surface area contributed by atoms with Gasteiger partial charge in [-0.15, -0.1) is 0 Å². The van der Waals surface area contributed by atoms with Crippen LogP contribution in [0.4, 0.5) is 5.95 Å². The van der Waals surface area contributed by atoms with Gasteiger partial charge in [0.2, 0.25) is 11.8 Å². The number of phenolic OH excluding ortho intramolecular Hbond substituents is 1. The smallest absolute Gasteiger partial charge is 0.223 e. The molecule has 0 unspecified atom stereocenters. The molecule has 0 atom stereocenters. The van der Waals surface area contributed by atoms with Crippen molar-refractivity contribution in [2.45, 2.75) is 13.3 Å². The highest BCUT2D eigenvalue weighted by atomic mass is 16.5. The highest BCUT2D eigenvalue weighted by Crippen LogP contribution is 2.29. The molecular formula is C13H15N3O3. The Morgan fingerprint density at radius 2 is 2.00 bits per heavy atom. The van der Waals surface area contributed by atoms with Gasteiger partial charge in [0.1, 0.15) is 11.5 Å². The van der Waals surface area contributed by atoms with Gasteiger partial charge in [-0.1, -0.05) is 6.07 Å². The van der Waals surface area contributed by atoms with E-state index in [9.17, 15) is 10.2 Å². The molecule has 0 spiro atoms. The molecule has 2 aromatic rings. The highest BCUT2D eigenvalue weighted by Gasteiger charge is 2.13. The maximum atomic E-state index is 9.83. The minimum atomic E-state index is -0.139. The third kappa shape index (κ3) is 2.67. The summed E-state index contributed by atoms with van der Waals surface area (Å²) in [5, 5.41) is 19.2. The van der Waals surface area contributed by atoms with Crippen molar-refractivity contribution >= 4 is 5.95 Å². The number of phenols is 1. The van der Waals surface area contributed by atoms with E-state index in [1.54, 1.807) is 19.1 Å². The lowest BCUT2D eigenvalue weighted by atomic mass is 10.0. The molecule has 100 valence electrons. The number of rotatable bonds is 3. The minimum Gasteiger partial charge on any atom is -0.508 e. The standard InChI is InChI=1S/C13H15N3O3/c1-7-10(12(18)16-13(14)15-7)5-8-3-4-9(17)6-11(8)19-2/h3-4,6,17H,5H2,1-2H3,(H3,14,15,16,18). The molecule has 1 heterocycles. The van der Waals surface area contributed by atoms with Gasteiger partial charge < -0.3 is 20.7 Å². The average molecular weight is 261 g/mol. The van der Waals surface area contributed by atoms with E-state index in [0.29, 0.717) is 23.4 Å². The summed E-state index contributed by atoms with van der Waals surface area (Å²) in [6.45, 7) is 1.75. The number of benzene rings is 1. The molecule has 0 radical (unpaired) electrons. The first kappa shape index (κ1) is 12.9. The average Bonchev–Trinajstić information content (AvgIpc) is 2.35. The molecule has 1 aromatic heterocycles. The zero-order valence-corrected chi connectivity index (χ0v) is 10.7. The SMILES string of the molecule is COc1cc(O)ccc1Cc1c(C)nc(N)nc1O. The third-order valence-corrected chi connectivity index (χ3v) is 2.85. The molecule has 0 saturated heterocycles. The second kappa shape index (κ2) is 5.01. The van der Waals surface area contributed by atoms with Crippen LogP contribution in [-0.4, -0.2) is 27.3 Å². The summed E-state index contributed by atoms with van der Waals surface area (Å²) < 4.78 is 5.19. The van der Waals surface area contributed by atoms with Gasteiger partial charge in [-0.3, -0.25) is 0 Å². The third-order valence-electron chi connectivity index (χ3n) is 2.85. The molecule has 0 aliphatic rings. The second-order valence-electron chi connectivity index (χ2n) is 4.14. The fourth-order valence-electron chi connectivity index (χ4n) is 1.88. The molecular weight excluding hydrogens is 246 g/mol. The molecule has 4 N–H and O–H groups in total. The summed E-state index contributed by atoms with van der Waals surface area (Å²) >= 11 is 0. The van der Waals surface area contributed by atoms with E-state index in [1.165, 1.54) is 13.2 Å². The predicted octanol–water partition coefficient (Wildman–Crippen LogP) is 1.38. The van der Waals surface area contributed by atoms with Crippen molar-refractivity contribution in [2.75, 3.05) is 12.8 Å². The van der Waals surface area contributed by atoms with Crippen LogP contribution in [0, 0.1) is 6.92 Å². The van der Waals surface area contributed by atoms with E-state index >= 15 is 0 Å².